The molecule has 1 aliphatic rings. The molecule has 2 amide bonds. The lowest BCUT2D eigenvalue weighted by atomic mass is 10.1. The van der Waals surface area contributed by atoms with Crippen molar-refractivity contribution < 1.29 is 9.53 Å². The van der Waals surface area contributed by atoms with Gasteiger partial charge in [-0.05, 0) is 26.2 Å². The van der Waals surface area contributed by atoms with Crippen LogP contribution in [0.3, 0.4) is 0 Å². The van der Waals surface area contributed by atoms with Gasteiger partial charge in [0.1, 0.15) is 0 Å². The Kier molecular flexibility index (Phi) is 5.20. The summed E-state index contributed by atoms with van der Waals surface area (Å²) in [7, 11) is 0. The second-order valence-electron chi connectivity index (χ2n) is 4.89. The van der Waals surface area contributed by atoms with Gasteiger partial charge in [-0.25, -0.2) is 9.78 Å². The summed E-state index contributed by atoms with van der Waals surface area (Å²) in [6.45, 7) is 4.31. The molecule has 0 bridgehead atoms. The number of hydrogen-bond donors (Lipinski definition) is 2. The van der Waals surface area contributed by atoms with Crippen molar-refractivity contribution in [2.45, 2.75) is 44.9 Å². The van der Waals surface area contributed by atoms with Crippen molar-refractivity contribution in [1.82, 2.24) is 20.2 Å². The van der Waals surface area contributed by atoms with Crippen molar-refractivity contribution in [2.24, 2.45) is 0 Å². The second-order valence-corrected chi connectivity index (χ2v) is 4.89. The summed E-state index contributed by atoms with van der Waals surface area (Å²) in [6, 6.07) is -0.0511. The van der Waals surface area contributed by atoms with Gasteiger partial charge in [0.25, 0.3) is 0 Å². The number of nitrogens with one attached hydrogen (secondary N) is 2. The summed E-state index contributed by atoms with van der Waals surface area (Å²) >= 11 is 0. The SMILES string of the molecule is C[C@@H](NC(=O)NCCCn1ccnc1)[C@@H]1CCCO1. The quantitative estimate of drug-likeness (QED) is 0.759. The van der Waals surface area contributed by atoms with Crippen LogP contribution in [0.15, 0.2) is 18.7 Å². The predicted molar refractivity (Wildman–Crippen MR) is 71.8 cm³/mol. The molecule has 1 saturated heterocycles. The van der Waals surface area contributed by atoms with Crippen molar-refractivity contribution in [3.63, 3.8) is 0 Å². The first-order valence-electron chi connectivity index (χ1n) is 6.87. The lowest BCUT2D eigenvalue weighted by Crippen LogP contribution is -2.46. The van der Waals surface area contributed by atoms with E-state index in [0.29, 0.717) is 6.54 Å². The number of hydrogen-bond acceptors (Lipinski definition) is 3. The molecule has 0 radical (unpaired) electrons. The molecule has 2 N–H and O–H groups in total. The topological polar surface area (TPSA) is 68.2 Å². The molecule has 1 aromatic heterocycles. The van der Waals surface area contributed by atoms with Crippen LogP contribution in [0, 0.1) is 0 Å². The average Bonchev–Trinajstić information content (AvgIpc) is 3.07. The zero-order chi connectivity index (χ0) is 13.5. The molecular weight excluding hydrogens is 244 g/mol. The number of aryl methyl sites for hydroxylation is 1. The molecule has 2 atom stereocenters. The maximum atomic E-state index is 11.7. The minimum atomic E-state index is -0.117. The zero-order valence-corrected chi connectivity index (χ0v) is 11.3. The van der Waals surface area contributed by atoms with Crippen LogP contribution in [0.5, 0.6) is 0 Å². The molecule has 0 aliphatic carbocycles. The Hall–Kier alpha value is -1.56. The van der Waals surface area contributed by atoms with Crippen molar-refractivity contribution >= 4 is 6.03 Å². The van der Waals surface area contributed by atoms with Gasteiger partial charge in [-0.1, -0.05) is 0 Å². The van der Waals surface area contributed by atoms with E-state index in [9.17, 15) is 4.79 Å². The van der Waals surface area contributed by atoms with Crippen molar-refractivity contribution in [2.75, 3.05) is 13.2 Å². The van der Waals surface area contributed by atoms with Crippen LogP contribution < -0.4 is 10.6 Å². The van der Waals surface area contributed by atoms with Crippen LogP contribution in [0.2, 0.25) is 0 Å². The van der Waals surface area contributed by atoms with Crippen LogP contribution in [0.4, 0.5) is 4.79 Å². The fraction of sp³-hybridized carbons (Fsp3) is 0.692. The maximum Gasteiger partial charge on any atom is 0.315 e. The van der Waals surface area contributed by atoms with E-state index in [-0.39, 0.29) is 18.2 Å². The normalized spacial score (nSPS) is 20.2. The average molecular weight is 266 g/mol. The Balaban J connectivity index is 1.56. The summed E-state index contributed by atoms with van der Waals surface area (Å²) in [6.07, 6.45) is 8.61. The fourth-order valence-corrected chi connectivity index (χ4v) is 2.23. The molecule has 0 saturated carbocycles. The van der Waals surface area contributed by atoms with E-state index in [2.05, 4.69) is 15.6 Å². The molecule has 1 aliphatic heterocycles. The summed E-state index contributed by atoms with van der Waals surface area (Å²) in [5.74, 6) is 0. The van der Waals surface area contributed by atoms with E-state index >= 15 is 0 Å². The number of rotatable bonds is 6. The number of ether oxygens (including phenoxy) is 1. The largest absolute Gasteiger partial charge is 0.376 e. The van der Waals surface area contributed by atoms with Gasteiger partial charge in [0.15, 0.2) is 0 Å². The van der Waals surface area contributed by atoms with Crippen LogP contribution in [0.1, 0.15) is 26.2 Å². The molecule has 0 spiro atoms. The Morgan fingerprint density at radius 3 is 3.21 bits per heavy atom. The Labute approximate surface area is 113 Å². The third-order valence-electron chi connectivity index (χ3n) is 3.32. The smallest absolute Gasteiger partial charge is 0.315 e. The lowest BCUT2D eigenvalue weighted by Gasteiger charge is -2.20. The molecule has 0 aromatic carbocycles. The highest BCUT2D eigenvalue weighted by Gasteiger charge is 2.23. The first-order chi connectivity index (χ1) is 9.25. The Bertz CT molecular complexity index is 374. The van der Waals surface area contributed by atoms with Gasteiger partial charge in [-0.15, -0.1) is 0 Å². The van der Waals surface area contributed by atoms with Gasteiger partial charge in [-0.3, -0.25) is 0 Å². The number of carbonyl (C=O) groups excluding carboxylic acids is 1. The van der Waals surface area contributed by atoms with E-state index in [0.717, 1.165) is 32.4 Å². The molecule has 2 rings (SSSR count). The van der Waals surface area contributed by atoms with E-state index < -0.39 is 0 Å². The minimum Gasteiger partial charge on any atom is -0.376 e. The molecule has 106 valence electrons. The Morgan fingerprint density at radius 2 is 2.53 bits per heavy atom. The molecule has 19 heavy (non-hydrogen) atoms. The lowest BCUT2D eigenvalue weighted by molar-refractivity contribution is 0.0860. The van der Waals surface area contributed by atoms with E-state index in [1.165, 1.54) is 0 Å². The van der Waals surface area contributed by atoms with Crippen LogP contribution >= 0.6 is 0 Å². The summed E-state index contributed by atoms with van der Waals surface area (Å²) in [4.78, 5) is 15.6. The van der Waals surface area contributed by atoms with Crippen molar-refractivity contribution in [1.29, 1.82) is 0 Å². The monoisotopic (exact) mass is 266 g/mol. The highest BCUT2D eigenvalue weighted by atomic mass is 16.5. The molecule has 1 fully saturated rings. The van der Waals surface area contributed by atoms with Gasteiger partial charge in [0.05, 0.1) is 18.5 Å². The highest BCUT2D eigenvalue weighted by molar-refractivity contribution is 5.74. The molecule has 0 unspecified atom stereocenters. The molecule has 6 heteroatoms. The maximum absolute atomic E-state index is 11.7. The first-order valence-corrected chi connectivity index (χ1v) is 6.87. The van der Waals surface area contributed by atoms with Gasteiger partial charge >= 0.3 is 6.03 Å². The minimum absolute atomic E-state index is 0.0659. The number of aromatic nitrogens is 2. The summed E-state index contributed by atoms with van der Waals surface area (Å²) in [5, 5.41) is 5.78. The van der Waals surface area contributed by atoms with Gasteiger partial charge in [0, 0.05) is 32.1 Å². The Morgan fingerprint density at radius 1 is 1.63 bits per heavy atom. The second kappa shape index (κ2) is 7.13. The molecule has 6 nitrogen and oxygen atoms in total. The number of imidazole rings is 1. The molecule has 2 heterocycles. The highest BCUT2D eigenvalue weighted by Crippen LogP contribution is 2.15. The predicted octanol–water partition coefficient (Wildman–Crippen LogP) is 1.14. The van der Waals surface area contributed by atoms with Crippen LogP contribution in [-0.4, -0.2) is 40.9 Å². The van der Waals surface area contributed by atoms with E-state index in [4.69, 9.17) is 4.74 Å². The number of nitrogens with zero attached hydrogens (tertiary/aromatic N) is 2. The van der Waals surface area contributed by atoms with Gasteiger partial charge in [-0.2, -0.15) is 0 Å². The summed E-state index contributed by atoms with van der Waals surface area (Å²) < 4.78 is 7.53. The third-order valence-corrected chi connectivity index (χ3v) is 3.32. The molecular formula is C13H22N4O2. The summed E-state index contributed by atoms with van der Waals surface area (Å²) in [5.41, 5.74) is 0. The van der Waals surface area contributed by atoms with E-state index in [1.807, 2.05) is 17.7 Å². The third kappa shape index (κ3) is 4.55. The number of urea groups is 1. The zero-order valence-electron chi connectivity index (χ0n) is 11.3. The van der Waals surface area contributed by atoms with E-state index in [1.54, 1.807) is 12.5 Å². The fourth-order valence-electron chi connectivity index (χ4n) is 2.23. The number of carbonyl (C=O) groups is 1. The van der Waals surface area contributed by atoms with Crippen molar-refractivity contribution in [3.8, 4) is 0 Å². The standard InChI is InChI=1S/C13H22N4O2/c1-11(12-4-2-9-19-12)16-13(18)15-5-3-7-17-8-6-14-10-17/h6,8,10-12H,2-5,7,9H2,1H3,(H2,15,16,18)/t11-,12+/m1/s1. The van der Waals surface area contributed by atoms with Gasteiger partial charge < -0.3 is 19.9 Å². The first kappa shape index (κ1) is 13.9. The van der Waals surface area contributed by atoms with Crippen molar-refractivity contribution in [3.05, 3.63) is 18.7 Å². The van der Waals surface area contributed by atoms with Crippen LogP contribution in [0.25, 0.3) is 0 Å². The number of amides is 2. The van der Waals surface area contributed by atoms with Gasteiger partial charge in [0.2, 0.25) is 0 Å². The molecule has 1 aromatic rings. The van der Waals surface area contributed by atoms with Crippen LogP contribution in [-0.2, 0) is 11.3 Å².